The van der Waals surface area contributed by atoms with Crippen LogP contribution in [-0.4, -0.2) is 90.8 Å². The zero-order chi connectivity index (χ0) is 30.5. The molecule has 0 radical (unpaired) electrons. The van der Waals surface area contributed by atoms with E-state index in [0.29, 0.717) is 43.5 Å². The molecule has 4 rings (SSSR count). The fourth-order valence-corrected chi connectivity index (χ4v) is 4.81. The van der Waals surface area contributed by atoms with Gasteiger partial charge in [0.05, 0.1) is 18.3 Å². The van der Waals surface area contributed by atoms with Gasteiger partial charge in [-0.1, -0.05) is 26.0 Å². The molecule has 1 N–H and O–H groups in total. The Balaban J connectivity index is 0.000000715. The van der Waals surface area contributed by atoms with Crippen LogP contribution in [-0.2, 0) is 14.3 Å². The van der Waals surface area contributed by atoms with Crippen LogP contribution in [0.15, 0.2) is 71.7 Å². The highest BCUT2D eigenvalue weighted by molar-refractivity contribution is 6.11. The summed E-state index contributed by atoms with van der Waals surface area (Å²) in [6.45, 7) is 14.3. The van der Waals surface area contributed by atoms with Crippen molar-refractivity contribution in [1.29, 1.82) is 0 Å². The van der Waals surface area contributed by atoms with Crippen LogP contribution >= 0.6 is 0 Å². The maximum absolute atomic E-state index is 13.3. The normalized spacial score (nSPS) is 16.6. The molecule has 0 saturated carbocycles. The summed E-state index contributed by atoms with van der Waals surface area (Å²) < 4.78 is 5.48. The molecule has 0 spiro atoms. The monoisotopic (exact) mass is 574 g/mol. The van der Waals surface area contributed by atoms with Gasteiger partial charge in [-0.05, 0) is 95.2 Å². The van der Waals surface area contributed by atoms with Crippen molar-refractivity contribution in [3.05, 3.63) is 72.3 Å². The lowest BCUT2D eigenvalue weighted by atomic mass is 10.1. The molecule has 0 bridgehead atoms. The second kappa shape index (κ2) is 16.5. The van der Waals surface area contributed by atoms with E-state index in [-0.39, 0.29) is 11.8 Å². The smallest absolute Gasteiger partial charge is 0.251 e. The molecule has 2 aromatic rings. The number of unbranched alkanes of at least 4 members (excludes halogenated alkanes) is 1. The molecule has 9 heteroatoms. The summed E-state index contributed by atoms with van der Waals surface area (Å²) >= 11 is 0. The molecule has 2 fully saturated rings. The number of nitrogens with zero attached hydrogens (tertiary/aromatic N) is 5. The van der Waals surface area contributed by atoms with E-state index in [1.54, 1.807) is 31.2 Å². The lowest BCUT2D eigenvalue weighted by Crippen LogP contribution is -2.50. The van der Waals surface area contributed by atoms with Crippen molar-refractivity contribution in [2.45, 2.75) is 46.5 Å². The zero-order valence-electron chi connectivity index (χ0n) is 25.9. The van der Waals surface area contributed by atoms with Crippen molar-refractivity contribution in [2.24, 2.45) is 4.99 Å². The number of amides is 2. The summed E-state index contributed by atoms with van der Waals surface area (Å²) in [6.07, 6.45) is 11.4. The van der Waals surface area contributed by atoms with Crippen LogP contribution in [0.4, 0.5) is 5.69 Å². The van der Waals surface area contributed by atoms with Gasteiger partial charge in [0.15, 0.2) is 0 Å². The number of methoxy groups -OCH3 is 1. The minimum Gasteiger partial charge on any atom is -0.481 e. The number of piperazine rings is 1. The number of hydrogen-bond donors (Lipinski definition) is 1. The van der Waals surface area contributed by atoms with E-state index in [1.165, 1.54) is 32.0 Å². The number of ether oxygens (including phenoxy) is 1. The van der Waals surface area contributed by atoms with Gasteiger partial charge in [0.2, 0.25) is 11.8 Å². The number of aromatic nitrogens is 1. The molecule has 0 aliphatic carbocycles. The third kappa shape index (κ3) is 9.27. The number of carbonyl (C=O) groups excluding carboxylic acids is 2. The van der Waals surface area contributed by atoms with Gasteiger partial charge in [0.25, 0.3) is 5.91 Å². The molecule has 2 aliphatic heterocycles. The molecule has 1 aromatic heterocycles. The van der Waals surface area contributed by atoms with Gasteiger partial charge >= 0.3 is 0 Å². The Labute approximate surface area is 250 Å². The Morgan fingerprint density at radius 2 is 1.79 bits per heavy atom. The SMILES string of the molecule is C=CC(=O)N1CCN(C(/C=C(\C)C(=O)Nc2c(C)ccc3ncccc23)=N/C(=C/CCC)OC)CC1.CN1CCCC1. The highest BCUT2D eigenvalue weighted by Crippen LogP contribution is 2.26. The van der Waals surface area contributed by atoms with Gasteiger partial charge in [0.1, 0.15) is 5.84 Å². The number of benzene rings is 1. The molecular formula is C33H46N6O3. The molecule has 1 aromatic carbocycles. The number of allylic oxidation sites excluding steroid dienone is 1. The number of nitrogens with one attached hydrogen (secondary N) is 1. The number of aryl methyl sites for hydroxylation is 1. The van der Waals surface area contributed by atoms with Crippen molar-refractivity contribution >= 4 is 34.2 Å². The van der Waals surface area contributed by atoms with Crippen LogP contribution in [0.25, 0.3) is 10.9 Å². The largest absolute Gasteiger partial charge is 0.481 e. The number of hydrogen-bond acceptors (Lipinski definition) is 6. The zero-order valence-corrected chi connectivity index (χ0v) is 25.9. The molecule has 9 nitrogen and oxygen atoms in total. The quantitative estimate of drug-likeness (QED) is 0.203. The van der Waals surface area contributed by atoms with E-state index in [9.17, 15) is 9.59 Å². The van der Waals surface area contributed by atoms with Gasteiger partial charge in [-0.15, -0.1) is 0 Å². The minimum atomic E-state index is -0.223. The van der Waals surface area contributed by atoms with Crippen LogP contribution in [0.5, 0.6) is 0 Å². The minimum absolute atomic E-state index is 0.0837. The number of anilines is 1. The van der Waals surface area contributed by atoms with Crippen molar-refractivity contribution in [3.63, 3.8) is 0 Å². The van der Waals surface area contributed by atoms with Crippen molar-refractivity contribution in [3.8, 4) is 0 Å². The van der Waals surface area contributed by atoms with Crippen LogP contribution < -0.4 is 5.32 Å². The first-order valence-corrected chi connectivity index (χ1v) is 14.8. The molecule has 2 aliphatic rings. The van der Waals surface area contributed by atoms with Gasteiger partial charge in [-0.3, -0.25) is 14.6 Å². The van der Waals surface area contributed by atoms with E-state index in [0.717, 1.165) is 35.0 Å². The number of likely N-dealkylation sites (tertiary alicyclic amines) is 1. The number of amidine groups is 1. The predicted molar refractivity (Wildman–Crippen MR) is 171 cm³/mol. The molecule has 2 amide bonds. The Hall–Kier alpha value is -3.98. The Kier molecular flexibility index (Phi) is 12.7. The lowest BCUT2D eigenvalue weighted by molar-refractivity contribution is -0.127. The number of rotatable bonds is 8. The topological polar surface area (TPSA) is 90.4 Å². The summed E-state index contributed by atoms with van der Waals surface area (Å²) in [6, 6.07) is 7.70. The van der Waals surface area contributed by atoms with Crippen LogP contribution in [0.3, 0.4) is 0 Å². The number of carbonyl (C=O) groups is 2. The van der Waals surface area contributed by atoms with Gasteiger partial charge in [-0.25, -0.2) is 0 Å². The first-order valence-electron chi connectivity index (χ1n) is 14.8. The highest BCUT2D eigenvalue weighted by Gasteiger charge is 2.22. The van der Waals surface area contributed by atoms with Gasteiger partial charge in [-0.2, -0.15) is 4.99 Å². The van der Waals surface area contributed by atoms with Crippen molar-refractivity contribution in [1.82, 2.24) is 19.7 Å². The standard InChI is InChI=1S/C28H35N5O3.C5H11N/c1-6-8-11-25(36-5)30-24(32-15-17-33(18-16-32)26(34)7-2)19-21(4)28(35)31-27-20(3)12-13-23-22(27)10-9-14-29-23;1-6-4-2-3-5-6/h7,9-14,19H,2,6,8,15-18H2,1,3-5H3,(H,31,35);2-5H2,1H3/b21-19+,25-11-,30-24+;. The van der Waals surface area contributed by atoms with Gasteiger partial charge in [0, 0.05) is 43.3 Å². The Bertz CT molecular complexity index is 1320. The molecule has 0 unspecified atom stereocenters. The molecular weight excluding hydrogens is 528 g/mol. The van der Waals surface area contributed by atoms with Crippen LogP contribution in [0, 0.1) is 6.92 Å². The van der Waals surface area contributed by atoms with E-state index < -0.39 is 0 Å². The second-order valence-corrected chi connectivity index (χ2v) is 10.6. The maximum atomic E-state index is 13.3. The van der Waals surface area contributed by atoms with E-state index in [2.05, 4.69) is 40.7 Å². The number of fused-ring (bicyclic) bond motifs is 1. The molecule has 3 heterocycles. The van der Waals surface area contributed by atoms with Crippen LogP contribution in [0.2, 0.25) is 0 Å². The van der Waals surface area contributed by atoms with E-state index in [1.807, 2.05) is 37.3 Å². The van der Waals surface area contributed by atoms with Gasteiger partial charge < -0.3 is 24.8 Å². The molecule has 42 heavy (non-hydrogen) atoms. The Morgan fingerprint density at radius 3 is 2.38 bits per heavy atom. The summed E-state index contributed by atoms with van der Waals surface area (Å²) in [7, 11) is 3.76. The van der Waals surface area contributed by atoms with E-state index in [4.69, 9.17) is 9.73 Å². The average Bonchev–Trinajstić information content (AvgIpc) is 3.50. The first-order chi connectivity index (χ1) is 20.3. The van der Waals surface area contributed by atoms with Crippen molar-refractivity contribution in [2.75, 3.05) is 58.7 Å². The summed E-state index contributed by atoms with van der Waals surface area (Å²) in [5, 5.41) is 3.95. The molecule has 2 saturated heterocycles. The molecule has 226 valence electrons. The Morgan fingerprint density at radius 1 is 1.10 bits per heavy atom. The second-order valence-electron chi connectivity index (χ2n) is 10.6. The fraction of sp³-hybridized carbons (Fsp3) is 0.455. The maximum Gasteiger partial charge on any atom is 0.251 e. The van der Waals surface area contributed by atoms with Crippen molar-refractivity contribution < 1.29 is 14.3 Å². The van der Waals surface area contributed by atoms with Crippen LogP contribution in [0.1, 0.15) is 45.1 Å². The lowest BCUT2D eigenvalue weighted by Gasteiger charge is -2.35. The predicted octanol–water partition coefficient (Wildman–Crippen LogP) is 5.16. The molecule has 0 atom stereocenters. The highest BCUT2D eigenvalue weighted by atomic mass is 16.5. The van der Waals surface area contributed by atoms with E-state index >= 15 is 0 Å². The average molecular weight is 575 g/mol. The number of pyridine rings is 1. The summed E-state index contributed by atoms with van der Waals surface area (Å²) in [5.41, 5.74) is 3.02. The summed E-state index contributed by atoms with van der Waals surface area (Å²) in [5.74, 6) is 0.810. The third-order valence-corrected chi connectivity index (χ3v) is 7.40. The number of aliphatic imine (C=N–C) groups is 1. The fourth-order valence-electron chi connectivity index (χ4n) is 4.81. The summed E-state index contributed by atoms with van der Waals surface area (Å²) in [4.78, 5) is 40.6. The third-order valence-electron chi connectivity index (χ3n) is 7.40. The first kappa shape index (κ1) is 32.5.